The van der Waals surface area contributed by atoms with Crippen molar-refractivity contribution in [3.05, 3.63) is 57.6 Å². The van der Waals surface area contributed by atoms with Gasteiger partial charge in [0.05, 0.1) is 4.47 Å². The fraction of sp³-hybridized carbons (Fsp3) is 0.278. The molecule has 1 aliphatic carbocycles. The standard InChI is InChI=1S/C18H17BrO2/c1-12(20)14-7-9-18(17(19)11-14)21-16-8-6-13-4-2-3-5-15(13)10-16/h6-11H,2-5H2,1H3. The molecular weight excluding hydrogens is 328 g/mol. The summed E-state index contributed by atoms with van der Waals surface area (Å²) >= 11 is 3.47. The van der Waals surface area contributed by atoms with E-state index in [0.29, 0.717) is 5.56 Å². The molecule has 0 saturated carbocycles. The lowest BCUT2D eigenvalue weighted by molar-refractivity contribution is 0.101. The highest BCUT2D eigenvalue weighted by molar-refractivity contribution is 9.10. The molecular formula is C18H17BrO2. The van der Waals surface area contributed by atoms with Crippen LogP contribution in [0.5, 0.6) is 11.5 Å². The van der Waals surface area contributed by atoms with Gasteiger partial charge in [0.25, 0.3) is 0 Å². The Labute approximate surface area is 133 Å². The van der Waals surface area contributed by atoms with Crippen LogP contribution in [0.3, 0.4) is 0 Å². The maximum absolute atomic E-state index is 11.4. The van der Waals surface area contributed by atoms with Gasteiger partial charge in [-0.3, -0.25) is 4.79 Å². The predicted molar refractivity (Wildman–Crippen MR) is 87.3 cm³/mol. The molecule has 0 unspecified atom stereocenters. The molecule has 0 aromatic heterocycles. The summed E-state index contributed by atoms with van der Waals surface area (Å²) in [6, 6.07) is 11.8. The molecule has 0 aliphatic heterocycles. The van der Waals surface area contributed by atoms with Crippen LogP contribution in [-0.2, 0) is 12.8 Å². The Morgan fingerprint density at radius 1 is 1.05 bits per heavy atom. The van der Waals surface area contributed by atoms with E-state index >= 15 is 0 Å². The van der Waals surface area contributed by atoms with Gasteiger partial charge in [0.1, 0.15) is 11.5 Å². The number of fused-ring (bicyclic) bond motifs is 1. The molecule has 2 nitrogen and oxygen atoms in total. The van der Waals surface area contributed by atoms with Crippen molar-refractivity contribution in [3.8, 4) is 11.5 Å². The van der Waals surface area contributed by atoms with Crippen molar-refractivity contribution < 1.29 is 9.53 Å². The lowest BCUT2D eigenvalue weighted by atomic mass is 9.92. The molecule has 0 saturated heterocycles. The summed E-state index contributed by atoms with van der Waals surface area (Å²) in [4.78, 5) is 11.4. The Balaban J connectivity index is 1.85. The lowest BCUT2D eigenvalue weighted by Gasteiger charge is -2.17. The van der Waals surface area contributed by atoms with Gasteiger partial charge in [0, 0.05) is 5.56 Å². The smallest absolute Gasteiger partial charge is 0.159 e. The Morgan fingerprint density at radius 2 is 1.81 bits per heavy atom. The Bertz CT molecular complexity index is 692. The van der Waals surface area contributed by atoms with Crippen molar-refractivity contribution in [2.24, 2.45) is 0 Å². The molecule has 2 aromatic rings. The third kappa shape index (κ3) is 3.18. The van der Waals surface area contributed by atoms with E-state index in [1.165, 1.54) is 30.4 Å². The number of aryl methyl sites for hydroxylation is 2. The van der Waals surface area contributed by atoms with Crippen LogP contribution >= 0.6 is 15.9 Å². The number of carbonyl (C=O) groups is 1. The highest BCUT2D eigenvalue weighted by atomic mass is 79.9. The van der Waals surface area contributed by atoms with E-state index in [4.69, 9.17) is 4.74 Å². The summed E-state index contributed by atoms with van der Waals surface area (Å²) < 4.78 is 6.75. The van der Waals surface area contributed by atoms with Crippen molar-refractivity contribution in [2.75, 3.05) is 0 Å². The molecule has 3 heteroatoms. The van der Waals surface area contributed by atoms with E-state index in [-0.39, 0.29) is 5.78 Å². The highest BCUT2D eigenvalue weighted by Gasteiger charge is 2.11. The van der Waals surface area contributed by atoms with Crippen molar-refractivity contribution >= 4 is 21.7 Å². The van der Waals surface area contributed by atoms with E-state index < -0.39 is 0 Å². The summed E-state index contributed by atoms with van der Waals surface area (Å²) in [5.74, 6) is 1.64. The summed E-state index contributed by atoms with van der Waals surface area (Å²) in [6.07, 6.45) is 4.85. The van der Waals surface area contributed by atoms with Crippen LogP contribution in [0, 0.1) is 0 Å². The van der Waals surface area contributed by atoms with Gasteiger partial charge in [-0.05, 0) is 90.0 Å². The monoisotopic (exact) mass is 344 g/mol. The summed E-state index contributed by atoms with van der Waals surface area (Å²) in [6.45, 7) is 1.56. The Kier molecular flexibility index (Phi) is 4.11. The second-order valence-electron chi connectivity index (χ2n) is 5.44. The molecule has 1 aliphatic rings. The van der Waals surface area contributed by atoms with Crippen LogP contribution in [-0.4, -0.2) is 5.78 Å². The van der Waals surface area contributed by atoms with Crippen LogP contribution in [0.1, 0.15) is 41.3 Å². The predicted octanol–water partition coefficient (Wildman–Crippen LogP) is 5.32. The van der Waals surface area contributed by atoms with Gasteiger partial charge in [0.2, 0.25) is 0 Å². The molecule has 3 rings (SSSR count). The van der Waals surface area contributed by atoms with Gasteiger partial charge >= 0.3 is 0 Å². The normalized spacial score (nSPS) is 13.6. The molecule has 0 heterocycles. The van der Waals surface area contributed by atoms with E-state index in [1.54, 1.807) is 19.1 Å². The van der Waals surface area contributed by atoms with Gasteiger partial charge in [-0.1, -0.05) is 6.07 Å². The first-order valence-corrected chi connectivity index (χ1v) is 8.03. The summed E-state index contributed by atoms with van der Waals surface area (Å²) in [5, 5.41) is 0. The van der Waals surface area contributed by atoms with E-state index in [2.05, 4.69) is 28.1 Å². The van der Waals surface area contributed by atoms with Crippen molar-refractivity contribution in [1.82, 2.24) is 0 Å². The first-order chi connectivity index (χ1) is 10.1. The van der Waals surface area contributed by atoms with Crippen LogP contribution in [0.15, 0.2) is 40.9 Å². The molecule has 0 radical (unpaired) electrons. The summed E-state index contributed by atoms with van der Waals surface area (Å²) in [5.41, 5.74) is 3.52. The van der Waals surface area contributed by atoms with Gasteiger partial charge in [0.15, 0.2) is 5.78 Å². The molecule has 0 N–H and O–H groups in total. The zero-order chi connectivity index (χ0) is 14.8. The molecule has 0 fully saturated rings. The van der Waals surface area contributed by atoms with Gasteiger partial charge in [-0.25, -0.2) is 0 Å². The second kappa shape index (κ2) is 6.02. The molecule has 21 heavy (non-hydrogen) atoms. The first kappa shape index (κ1) is 14.3. The maximum atomic E-state index is 11.4. The molecule has 108 valence electrons. The number of hydrogen-bond acceptors (Lipinski definition) is 2. The van der Waals surface area contributed by atoms with Gasteiger partial charge in [-0.15, -0.1) is 0 Å². The third-order valence-electron chi connectivity index (χ3n) is 3.89. The second-order valence-corrected chi connectivity index (χ2v) is 6.30. The number of halogens is 1. The SMILES string of the molecule is CC(=O)c1ccc(Oc2ccc3c(c2)CCCC3)c(Br)c1. The average Bonchev–Trinajstić information content (AvgIpc) is 2.49. The topological polar surface area (TPSA) is 26.3 Å². The Hall–Kier alpha value is -1.61. The van der Waals surface area contributed by atoms with Crippen LogP contribution in [0.4, 0.5) is 0 Å². The fourth-order valence-electron chi connectivity index (χ4n) is 2.70. The summed E-state index contributed by atoms with van der Waals surface area (Å²) in [7, 11) is 0. The number of ketones is 1. The van der Waals surface area contributed by atoms with Crippen LogP contribution in [0.25, 0.3) is 0 Å². The number of benzene rings is 2. The number of carbonyl (C=O) groups excluding carboxylic acids is 1. The minimum atomic E-state index is 0.0519. The van der Waals surface area contributed by atoms with Gasteiger partial charge in [-0.2, -0.15) is 0 Å². The van der Waals surface area contributed by atoms with Crippen molar-refractivity contribution in [3.63, 3.8) is 0 Å². The minimum absolute atomic E-state index is 0.0519. The third-order valence-corrected chi connectivity index (χ3v) is 4.51. The molecule has 0 atom stereocenters. The van der Waals surface area contributed by atoms with E-state index in [1.807, 2.05) is 12.1 Å². The van der Waals surface area contributed by atoms with Gasteiger partial charge < -0.3 is 4.74 Å². The minimum Gasteiger partial charge on any atom is -0.456 e. The average molecular weight is 345 g/mol. The van der Waals surface area contributed by atoms with Crippen molar-refractivity contribution in [1.29, 1.82) is 0 Å². The maximum Gasteiger partial charge on any atom is 0.159 e. The highest BCUT2D eigenvalue weighted by Crippen LogP contribution is 2.33. The molecule has 0 spiro atoms. The number of ether oxygens (including phenoxy) is 1. The first-order valence-electron chi connectivity index (χ1n) is 7.23. The zero-order valence-electron chi connectivity index (χ0n) is 12.0. The van der Waals surface area contributed by atoms with Crippen molar-refractivity contribution in [2.45, 2.75) is 32.6 Å². The van der Waals surface area contributed by atoms with Crippen LogP contribution in [0.2, 0.25) is 0 Å². The number of hydrogen-bond donors (Lipinski definition) is 0. The van der Waals surface area contributed by atoms with E-state index in [0.717, 1.165) is 22.4 Å². The molecule has 0 amide bonds. The zero-order valence-corrected chi connectivity index (χ0v) is 13.6. The quantitative estimate of drug-likeness (QED) is 0.704. The number of Topliss-reactive ketones (excluding diaryl/α,β-unsaturated/α-hetero) is 1. The molecule has 0 bridgehead atoms. The van der Waals surface area contributed by atoms with E-state index in [9.17, 15) is 4.79 Å². The number of rotatable bonds is 3. The largest absolute Gasteiger partial charge is 0.456 e. The Morgan fingerprint density at radius 3 is 2.52 bits per heavy atom. The molecule has 2 aromatic carbocycles. The lowest BCUT2D eigenvalue weighted by Crippen LogP contribution is -2.02. The van der Waals surface area contributed by atoms with Crippen LogP contribution < -0.4 is 4.74 Å². The fourth-order valence-corrected chi connectivity index (χ4v) is 3.16.